The smallest absolute Gasteiger partial charge is 0.121 e. The summed E-state index contributed by atoms with van der Waals surface area (Å²) in [6, 6.07) is 8.46. The van der Waals surface area contributed by atoms with Crippen molar-refractivity contribution in [3.63, 3.8) is 0 Å². The molecular weight excluding hydrogens is 238 g/mol. The number of hydrogen-bond donors (Lipinski definition) is 1. The summed E-state index contributed by atoms with van der Waals surface area (Å²) in [5.74, 6) is 0.921. The summed E-state index contributed by atoms with van der Waals surface area (Å²) in [4.78, 5) is 0. The molecule has 1 heterocycles. The Morgan fingerprint density at radius 2 is 2.11 bits per heavy atom. The van der Waals surface area contributed by atoms with Gasteiger partial charge in [-0.15, -0.1) is 0 Å². The van der Waals surface area contributed by atoms with Crippen LogP contribution in [0, 0.1) is 6.92 Å². The number of methoxy groups -OCH3 is 1. The van der Waals surface area contributed by atoms with Gasteiger partial charge in [-0.1, -0.05) is 19.1 Å². The van der Waals surface area contributed by atoms with E-state index in [0.29, 0.717) is 0 Å². The molecule has 1 N–H and O–H groups in total. The van der Waals surface area contributed by atoms with E-state index in [1.54, 1.807) is 19.6 Å². The van der Waals surface area contributed by atoms with Crippen molar-refractivity contribution >= 4 is 0 Å². The number of aryl methyl sites for hydroxylation is 1. The third-order valence-corrected chi connectivity index (χ3v) is 3.23. The Balaban J connectivity index is 2.30. The van der Waals surface area contributed by atoms with Gasteiger partial charge in [0.1, 0.15) is 5.75 Å². The van der Waals surface area contributed by atoms with Crippen molar-refractivity contribution in [1.29, 1.82) is 0 Å². The highest BCUT2D eigenvalue weighted by Crippen LogP contribution is 2.27. The van der Waals surface area contributed by atoms with Crippen molar-refractivity contribution in [2.45, 2.75) is 26.3 Å². The predicted molar refractivity (Wildman–Crippen MR) is 76.6 cm³/mol. The molecule has 0 bridgehead atoms. The van der Waals surface area contributed by atoms with Crippen LogP contribution in [0.15, 0.2) is 41.2 Å². The molecule has 3 heteroatoms. The molecule has 19 heavy (non-hydrogen) atoms. The molecule has 1 aromatic carbocycles. The molecule has 3 nitrogen and oxygen atoms in total. The number of ether oxygens (including phenoxy) is 1. The van der Waals surface area contributed by atoms with Crippen LogP contribution in [-0.4, -0.2) is 13.7 Å². The van der Waals surface area contributed by atoms with E-state index < -0.39 is 0 Å². The fraction of sp³-hybridized carbons (Fsp3) is 0.375. The number of hydrogen-bond acceptors (Lipinski definition) is 3. The van der Waals surface area contributed by atoms with Crippen molar-refractivity contribution in [2.24, 2.45) is 0 Å². The zero-order valence-electron chi connectivity index (χ0n) is 11.8. The van der Waals surface area contributed by atoms with Gasteiger partial charge in [0, 0.05) is 5.56 Å². The second kappa shape index (κ2) is 6.43. The molecule has 1 aromatic heterocycles. The van der Waals surface area contributed by atoms with Crippen LogP contribution in [0.2, 0.25) is 0 Å². The molecule has 0 saturated heterocycles. The van der Waals surface area contributed by atoms with E-state index in [2.05, 4.69) is 31.3 Å². The SMILES string of the molecule is CCCNC(c1ccoc1)c1ccc(OC)c(C)c1. The highest BCUT2D eigenvalue weighted by molar-refractivity contribution is 5.40. The summed E-state index contributed by atoms with van der Waals surface area (Å²) >= 11 is 0. The average molecular weight is 259 g/mol. The zero-order chi connectivity index (χ0) is 13.7. The van der Waals surface area contributed by atoms with Gasteiger partial charge in [0.05, 0.1) is 25.7 Å². The van der Waals surface area contributed by atoms with Crippen LogP contribution in [0.3, 0.4) is 0 Å². The second-order valence-corrected chi connectivity index (χ2v) is 4.67. The molecule has 2 aromatic rings. The number of nitrogens with one attached hydrogen (secondary N) is 1. The van der Waals surface area contributed by atoms with E-state index in [9.17, 15) is 0 Å². The van der Waals surface area contributed by atoms with Crippen LogP contribution in [0.25, 0.3) is 0 Å². The molecule has 0 fully saturated rings. The van der Waals surface area contributed by atoms with E-state index >= 15 is 0 Å². The number of benzene rings is 1. The quantitative estimate of drug-likeness (QED) is 0.859. The van der Waals surface area contributed by atoms with Crippen molar-refractivity contribution in [3.8, 4) is 5.75 Å². The Morgan fingerprint density at radius 1 is 1.26 bits per heavy atom. The van der Waals surface area contributed by atoms with Gasteiger partial charge >= 0.3 is 0 Å². The molecule has 0 radical (unpaired) electrons. The lowest BCUT2D eigenvalue weighted by Crippen LogP contribution is -2.22. The minimum atomic E-state index is 0.170. The molecule has 0 spiro atoms. The topological polar surface area (TPSA) is 34.4 Å². The van der Waals surface area contributed by atoms with Crippen molar-refractivity contribution in [3.05, 3.63) is 53.5 Å². The van der Waals surface area contributed by atoms with Crippen LogP contribution in [0.4, 0.5) is 0 Å². The van der Waals surface area contributed by atoms with Gasteiger partial charge in [0.2, 0.25) is 0 Å². The first kappa shape index (κ1) is 13.7. The minimum Gasteiger partial charge on any atom is -0.496 e. The molecule has 1 atom stereocenters. The molecule has 102 valence electrons. The number of furan rings is 1. The van der Waals surface area contributed by atoms with Crippen molar-refractivity contribution in [1.82, 2.24) is 5.32 Å². The van der Waals surface area contributed by atoms with Gasteiger partial charge in [-0.05, 0) is 43.1 Å². The maximum atomic E-state index is 5.31. The third-order valence-electron chi connectivity index (χ3n) is 3.23. The van der Waals surface area contributed by atoms with Gasteiger partial charge in [-0.3, -0.25) is 0 Å². The van der Waals surface area contributed by atoms with Gasteiger partial charge < -0.3 is 14.5 Å². The largest absolute Gasteiger partial charge is 0.496 e. The van der Waals surface area contributed by atoms with Crippen LogP contribution in [0.5, 0.6) is 5.75 Å². The molecule has 0 aliphatic heterocycles. The highest BCUT2D eigenvalue weighted by atomic mass is 16.5. The molecule has 1 unspecified atom stereocenters. The molecular formula is C16H21NO2. The molecule has 0 aliphatic carbocycles. The Labute approximate surface area is 114 Å². The standard InChI is InChI=1S/C16H21NO2/c1-4-8-17-16(14-7-9-19-11-14)13-5-6-15(18-3)12(2)10-13/h5-7,9-11,16-17H,4,8H2,1-3H3. The Morgan fingerprint density at radius 3 is 2.68 bits per heavy atom. The van der Waals surface area contributed by atoms with E-state index in [4.69, 9.17) is 9.15 Å². The fourth-order valence-electron chi connectivity index (χ4n) is 2.24. The van der Waals surface area contributed by atoms with Crippen molar-refractivity contribution in [2.75, 3.05) is 13.7 Å². The van der Waals surface area contributed by atoms with Crippen LogP contribution in [-0.2, 0) is 0 Å². The Kier molecular flexibility index (Phi) is 4.63. The summed E-state index contributed by atoms with van der Waals surface area (Å²) < 4.78 is 10.5. The highest BCUT2D eigenvalue weighted by Gasteiger charge is 2.15. The average Bonchev–Trinajstić information content (AvgIpc) is 2.93. The van der Waals surface area contributed by atoms with Gasteiger partial charge in [-0.2, -0.15) is 0 Å². The maximum Gasteiger partial charge on any atom is 0.121 e. The summed E-state index contributed by atoms with van der Waals surface area (Å²) in [6.45, 7) is 5.20. The predicted octanol–water partition coefficient (Wildman–Crippen LogP) is 3.69. The first-order valence-corrected chi connectivity index (χ1v) is 6.66. The summed E-state index contributed by atoms with van der Waals surface area (Å²) in [5, 5.41) is 3.55. The van der Waals surface area contributed by atoms with E-state index in [0.717, 1.165) is 29.8 Å². The lowest BCUT2D eigenvalue weighted by molar-refractivity contribution is 0.411. The van der Waals surface area contributed by atoms with Crippen LogP contribution < -0.4 is 10.1 Å². The van der Waals surface area contributed by atoms with E-state index in [1.165, 1.54) is 5.56 Å². The summed E-state index contributed by atoms with van der Waals surface area (Å²) in [7, 11) is 1.70. The van der Waals surface area contributed by atoms with Crippen molar-refractivity contribution < 1.29 is 9.15 Å². The normalized spacial score (nSPS) is 12.4. The van der Waals surface area contributed by atoms with Crippen LogP contribution in [0.1, 0.15) is 36.1 Å². The van der Waals surface area contributed by atoms with Gasteiger partial charge in [0.15, 0.2) is 0 Å². The monoisotopic (exact) mass is 259 g/mol. The Bertz CT molecular complexity index is 505. The molecule has 0 amide bonds. The second-order valence-electron chi connectivity index (χ2n) is 4.67. The zero-order valence-corrected chi connectivity index (χ0v) is 11.8. The lowest BCUT2D eigenvalue weighted by atomic mass is 9.99. The van der Waals surface area contributed by atoms with E-state index in [1.807, 2.05) is 12.1 Å². The Hall–Kier alpha value is -1.74. The maximum absolute atomic E-state index is 5.31. The minimum absolute atomic E-state index is 0.170. The van der Waals surface area contributed by atoms with Crippen LogP contribution >= 0.6 is 0 Å². The molecule has 0 saturated carbocycles. The molecule has 0 aliphatic rings. The summed E-state index contributed by atoms with van der Waals surface area (Å²) in [5.41, 5.74) is 3.53. The molecule has 2 rings (SSSR count). The van der Waals surface area contributed by atoms with Gasteiger partial charge in [0.25, 0.3) is 0 Å². The lowest BCUT2D eigenvalue weighted by Gasteiger charge is -2.19. The van der Waals surface area contributed by atoms with E-state index in [-0.39, 0.29) is 6.04 Å². The summed E-state index contributed by atoms with van der Waals surface area (Å²) in [6.07, 6.45) is 4.61. The first-order valence-electron chi connectivity index (χ1n) is 6.66. The van der Waals surface area contributed by atoms with Gasteiger partial charge in [-0.25, -0.2) is 0 Å². The first-order chi connectivity index (χ1) is 9.26. The third kappa shape index (κ3) is 3.18. The number of rotatable bonds is 6. The fourth-order valence-corrected chi connectivity index (χ4v) is 2.24.